The number of carbonyl (C=O) groups excluding carboxylic acids is 1. The molecule has 0 atom stereocenters. The van der Waals surface area contributed by atoms with E-state index in [4.69, 9.17) is 9.47 Å². The summed E-state index contributed by atoms with van der Waals surface area (Å²) in [6.45, 7) is 5.09. The van der Waals surface area contributed by atoms with Crippen LogP contribution < -0.4 is 10.2 Å². The number of halogens is 3. The van der Waals surface area contributed by atoms with Gasteiger partial charge in [-0.1, -0.05) is 12.0 Å². The van der Waals surface area contributed by atoms with Gasteiger partial charge in [-0.15, -0.1) is 0 Å². The van der Waals surface area contributed by atoms with Gasteiger partial charge < -0.3 is 19.7 Å². The first-order chi connectivity index (χ1) is 18.3. The lowest BCUT2D eigenvalue weighted by Gasteiger charge is -2.29. The Balaban J connectivity index is 1.63. The van der Waals surface area contributed by atoms with Gasteiger partial charge in [0.1, 0.15) is 11.4 Å². The summed E-state index contributed by atoms with van der Waals surface area (Å²) in [6.07, 6.45) is -1.35. The van der Waals surface area contributed by atoms with Gasteiger partial charge in [0.15, 0.2) is 0 Å². The molecule has 0 saturated carbocycles. The van der Waals surface area contributed by atoms with Crippen LogP contribution in [0.25, 0.3) is 11.1 Å². The number of anilines is 2. The van der Waals surface area contributed by atoms with Crippen molar-refractivity contribution >= 4 is 17.3 Å². The molecule has 198 valence electrons. The number of hydrogen-bond acceptors (Lipinski definition) is 6. The summed E-state index contributed by atoms with van der Waals surface area (Å²) in [5, 5.41) is 2.69. The van der Waals surface area contributed by atoms with Gasteiger partial charge in [0.05, 0.1) is 25.5 Å². The molecule has 0 bridgehead atoms. The molecule has 1 aromatic carbocycles. The molecule has 0 radical (unpaired) electrons. The van der Waals surface area contributed by atoms with Crippen LogP contribution in [0.2, 0.25) is 0 Å². The SMILES string of the molecule is COCCC#Cc1ncc(-c2cc(NC(=O)c3ccnc(C(F)(F)F)c3)ccc2C)cc1N1CCOCC1. The van der Waals surface area contributed by atoms with Crippen molar-refractivity contribution in [1.82, 2.24) is 9.97 Å². The van der Waals surface area contributed by atoms with Crippen molar-refractivity contribution in [2.75, 3.05) is 50.2 Å². The van der Waals surface area contributed by atoms with E-state index in [1.807, 2.05) is 19.1 Å². The Morgan fingerprint density at radius 3 is 2.68 bits per heavy atom. The molecule has 4 rings (SSSR count). The Morgan fingerprint density at radius 1 is 1.16 bits per heavy atom. The number of ether oxygens (including phenoxy) is 2. The van der Waals surface area contributed by atoms with Crippen LogP contribution in [0.4, 0.5) is 24.5 Å². The fourth-order valence-corrected chi connectivity index (χ4v) is 3.98. The largest absolute Gasteiger partial charge is 0.433 e. The maximum atomic E-state index is 13.0. The molecule has 10 heteroatoms. The zero-order valence-electron chi connectivity index (χ0n) is 21.1. The number of alkyl halides is 3. The van der Waals surface area contributed by atoms with Crippen LogP contribution in [-0.4, -0.2) is 55.9 Å². The van der Waals surface area contributed by atoms with Crippen LogP contribution in [0.1, 0.15) is 33.7 Å². The minimum Gasteiger partial charge on any atom is -0.384 e. The third-order valence-electron chi connectivity index (χ3n) is 5.98. The monoisotopic (exact) mass is 524 g/mol. The number of morpholine rings is 1. The number of benzene rings is 1. The minimum atomic E-state index is -4.64. The summed E-state index contributed by atoms with van der Waals surface area (Å²) in [5.41, 5.74) is 3.33. The molecule has 1 fully saturated rings. The quantitative estimate of drug-likeness (QED) is 0.363. The Hall–Kier alpha value is -3.94. The molecule has 0 unspecified atom stereocenters. The summed E-state index contributed by atoms with van der Waals surface area (Å²) in [6, 6.07) is 9.31. The maximum Gasteiger partial charge on any atom is 0.433 e. The van der Waals surface area contributed by atoms with Crippen LogP contribution in [0.15, 0.2) is 48.8 Å². The molecule has 2 aromatic heterocycles. The Kier molecular flexibility index (Phi) is 8.61. The number of rotatable bonds is 6. The molecule has 7 nitrogen and oxygen atoms in total. The zero-order valence-corrected chi connectivity index (χ0v) is 21.1. The van der Waals surface area contributed by atoms with Gasteiger partial charge in [-0.05, 0) is 54.3 Å². The highest BCUT2D eigenvalue weighted by molar-refractivity contribution is 6.04. The predicted molar refractivity (Wildman–Crippen MR) is 138 cm³/mol. The molecule has 1 aliphatic heterocycles. The van der Waals surface area contributed by atoms with E-state index >= 15 is 0 Å². The summed E-state index contributed by atoms with van der Waals surface area (Å²) < 4.78 is 49.6. The molecular weight excluding hydrogens is 497 g/mol. The van der Waals surface area contributed by atoms with Gasteiger partial charge >= 0.3 is 6.18 Å². The van der Waals surface area contributed by atoms with Crippen LogP contribution >= 0.6 is 0 Å². The van der Waals surface area contributed by atoms with Gasteiger partial charge in [-0.3, -0.25) is 9.78 Å². The maximum absolute atomic E-state index is 13.0. The lowest BCUT2D eigenvalue weighted by atomic mass is 10.00. The normalized spacial score (nSPS) is 13.6. The molecule has 1 amide bonds. The van der Waals surface area contributed by atoms with E-state index in [1.165, 1.54) is 6.07 Å². The third kappa shape index (κ3) is 6.68. The molecule has 3 heterocycles. The molecule has 1 aliphatic rings. The van der Waals surface area contributed by atoms with Crippen LogP contribution in [0.3, 0.4) is 0 Å². The van der Waals surface area contributed by atoms with E-state index in [2.05, 4.69) is 32.0 Å². The first-order valence-corrected chi connectivity index (χ1v) is 12.0. The summed E-state index contributed by atoms with van der Waals surface area (Å²) in [4.78, 5) is 22.9. The number of pyridine rings is 2. The van der Waals surface area contributed by atoms with Crippen LogP contribution in [0, 0.1) is 18.8 Å². The second-order valence-corrected chi connectivity index (χ2v) is 8.65. The highest BCUT2D eigenvalue weighted by atomic mass is 19.4. The topological polar surface area (TPSA) is 76.6 Å². The van der Waals surface area contributed by atoms with Crippen LogP contribution in [-0.2, 0) is 15.7 Å². The highest BCUT2D eigenvalue weighted by Crippen LogP contribution is 2.32. The molecule has 38 heavy (non-hydrogen) atoms. The van der Waals surface area contributed by atoms with Gasteiger partial charge in [-0.2, -0.15) is 13.2 Å². The zero-order chi connectivity index (χ0) is 27.1. The van der Waals surface area contributed by atoms with Gasteiger partial charge in [-0.25, -0.2) is 4.98 Å². The summed E-state index contributed by atoms with van der Waals surface area (Å²) >= 11 is 0. The second kappa shape index (κ2) is 12.1. The van der Waals surface area contributed by atoms with Gasteiger partial charge in [0, 0.05) is 55.8 Å². The summed E-state index contributed by atoms with van der Waals surface area (Å²) in [7, 11) is 1.63. The average Bonchev–Trinajstić information content (AvgIpc) is 2.92. The fourth-order valence-electron chi connectivity index (χ4n) is 3.98. The average molecular weight is 525 g/mol. The summed E-state index contributed by atoms with van der Waals surface area (Å²) in [5.74, 6) is 5.57. The number of nitrogens with one attached hydrogen (secondary N) is 1. The molecule has 3 aromatic rings. The van der Waals surface area contributed by atoms with Crippen molar-refractivity contribution in [3.8, 4) is 23.0 Å². The van der Waals surface area contributed by atoms with Gasteiger partial charge in [0.2, 0.25) is 0 Å². The first-order valence-electron chi connectivity index (χ1n) is 12.0. The van der Waals surface area contributed by atoms with Crippen molar-refractivity contribution < 1.29 is 27.4 Å². The molecular formula is C28H27F3N4O3. The number of methoxy groups -OCH3 is 1. The number of hydrogen-bond donors (Lipinski definition) is 1. The number of carbonyl (C=O) groups is 1. The third-order valence-corrected chi connectivity index (χ3v) is 5.98. The number of nitrogens with zero attached hydrogens (tertiary/aromatic N) is 3. The Bertz CT molecular complexity index is 1360. The molecule has 0 aliphatic carbocycles. The number of aromatic nitrogens is 2. The van der Waals surface area contributed by atoms with Crippen molar-refractivity contribution in [3.63, 3.8) is 0 Å². The lowest BCUT2D eigenvalue weighted by molar-refractivity contribution is -0.141. The van der Waals surface area contributed by atoms with E-state index in [0.29, 0.717) is 50.7 Å². The van der Waals surface area contributed by atoms with E-state index in [-0.39, 0.29) is 5.56 Å². The van der Waals surface area contributed by atoms with Crippen LogP contribution in [0.5, 0.6) is 0 Å². The smallest absolute Gasteiger partial charge is 0.384 e. The minimum absolute atomic E-state index is 0.137. The van der Waals surface area contributed by atoms with Crippen molar-refractivity contribution in [3.05, 3.63) is 71.3 Å². The van der Waals surface area contributed by atoms with E-state index in [9.17, 15) is 18.0 Å². The fraction of sp³-hybridized carbons (Fsp3) is 0.321. The lowest BCUT2D eigenvalue weighted by Crippen LogP contribution is -2.36. The van der Waals surface area contributed by atoms with Gasteiger partial charge in [0.25, 0.3) is 5.91 Å². The second-order valence-electron chi connectivity index (χ2n) is 8.65. The van der Waals surface area contributed by atoms with E-state index in [1.54, 1.807) is 25.4 Å². The Morgan fingerprint density at radius 2 is 1.95 bits per heavy atom. The van der Waals surface area contributed by atoms with Crippen molar-refractivity contribution in [2.45, 2.75) is 19.5 Å². The standard InChI is InChI=1S/C28H27F3N4O3/c1-19-6-7-22(34-27(36)20-8-9-32-26(16-20)28(29,30)31)17-23(19)21-15-25(35-10-13-38-14-11-35)24(33-18-21)5-3-4-12-37-2/h6-9,15-18H,4,10-14H2,1-2H3,(H,34,36). The van der Waals surface area contributed by atoms with Crippen molar-refractivity contribution in [1.29, 1.82) is 0 Å². The van der Waals surface area contributed by atoms with Crippen molar-refractivity contribution in [2.24, 2.45) is 0 Å². The number of aryl methyl sites for hydroxylation is 1. The highest BCUT2D eigenvalue weighted by Gasteiger charge is 2.33. The predicted octanol–water partition coefficient (Wildman–Crippen LogP) is 4.95. The van der Waals surface area contributed by atoms with E-state index < -0.39 is 17.8 Å². The molecule has 1 saturated heterocycles. The first kappa shape index (κ1) is 27.1. The van der Waals surface area contributed by atoms with E-state index in [0.717, 1.165) is 34.6 Å². The number of amides is 1. The molecule has 1 N–H and O–H groups in total. The molecule has 0 spiro atoms. The Labute approximate surface area is 219 Å².